The Morgan fingerprint density at radius 3 is 2.42 bits per heavy atom. The molecule has 0 bridgehead atoms. The fourth-order valence-corrected chi connectivity index (χ4v) is 1.46. The van der Waals surface area contributed by atoms with Gasteiger partial charge in [-0.15, -0.1) is 0 Å². The number of nitrogens with one attached hydrogen (secondary N) is 1. The summed E-state index contributed by atoms with van der Waals surface area (Å²) >= 11 is 0. The van der Waals surface area contributed by atoms with E-state index in [9.17, 15) is 4.79 Å². The zero-order valence-corrected chi connectivity index (χ0v) is 11.8. The van der Waals surface area contributed by atoms with Gasteiger partial charge >= 0.3 is 5.91 Å². The highest BCUT2D eigenvalue weighted by molar-refractivity contribution is 5.81. The molecule has 0 spiro atoms. The molecule has 1 heterocycles. The third-order valence-corrected chi connectivity index (χ3v) is 2.31. The number of hydrogen-bond acceptors (Lipinski definition) is 2. The molecule has 0 saturated carbocycles. The van der Waals surface area contributed by atoms with Crippen LogP contribution in [0.3, 0.4) is 0 Å². The third-order valence-electron chi connectivity index (χ3n) is 2.31. The Bertz CT molecular complexity index is 529. The van der Waals surface area contributed by atoms with Crippen LogP contribution in [0.2, 0.25) is 0 Å². The molecule has 1 aromatic carbocycles. The molecule has 0 aliphatic rings. The fourth-order valence-electron chi connectivity index (χ4n) is 1.46. The van der Waals surface area contributed by atoms with Crippen molar-refractivity contribution in [3.05, 3.63) is 66.5 Å². The summed E-state index contributed by atoms with van der Waals surface area (Å²) in [6, 6.07) is 15.3. The minimum Gasteiger partial charge on any atom is -1.00 e. The Labute approximate surface area is 122 Å². The van der Waals surface area contributed by atoms with E-state index in [2.05, 4.69) is 10.5 Å². The first-order valence-electron chi connectivity index (χ1n) is 5.65. The molecular formula is C14H14BrN3O. The Morgan fingerprint density at radius 1 is 1.11 bits per heavy atom. The molecule has 5 heteroatoms. The van der Waals surface area contributed by atoms with E-state index >= 15 is 0 Å². The van der Waals surface area contributed by atoms with Gasteiger partial charge in [-0.3, -0.25) is 4.79 Å². The molecule has 2 aromatic rings. The van der Waals surface area contributed by atoms with Crippen molar-refractivity contribution in [3.63, 3.8) is 0 Å². The van der Waals surface area contributed by atoms with E-state index in [0.29, 0.717) is 0 Å². The lowest BCUT2D eigenvalue weighted by Crippen LogP contribution is -3.00. The molecule has 1 N–H and O–H groups in total. The van der Waals surface area contributed by atoms with Crippen molar-refractivity contribution in [3.8, 4) is 0 Å². The first-order valence-corrected chi connectivity index (χ1v) is 5.65. The molecule has 0 saturated heterocycles. The van der Waals surface area contributed by atoms with Crippen LogP contribution in [0.25, 0.3) is 0 Å². The van der Waals surface area contributed by atoms with Crippen LogP contribution in [-0.2, 0) is 11.3 Å². The highest BCUT2D eigenvalue weighted by Gasteiger charge is 2.06. The first-order chi connectivity index (χ1) is 8.84. The summed E-state index contributed by atoms with van der Waals surface area (Å²) in [5.41, 5.74) is 3.44. The van der Waals surface area contributed by atoms with Gasteiger partial charge in [0.25, 0.3) is 0 Å². The van der Waals surface area contributed by atoms with Crippen LogP contribution >= 0.6 is 0 Å². The summed E-state index contributed by atoms with van der Waals surface area (Å²) in [6.07, 6.45) is 5.29. The fraction of sp³-hybridized carbons (Fsp3) is 0.0714. The largest absolute Gasteiger partial charge is 1.00 e. The summed E-state index contributed by atoms with van der Waals surface area (Å²) in [5, 5.41) is 3.90. The highest BCUT2D eigenvalue weighted by atomic mass is 79.9. The van der Waals surface area contributed by atoms with Crippen molar-refractivity contribution in [2.75, 3.05) is 0 Å². The van der Waals surface area contributed by atoms with Gasteiger partial charge in [0.15, 0.2) is 12.4 Å². The SMILES string of the molecule is O=C(C[n+]1ccccc1)N/N=C/c1ccccc1.[Br-]. The van der Waals surface area contributed by atoms with E-state index in [-0.39, 0.29) is 29.4 Å². The number of aromatic nitrogens is 1. The van der Waals surface area contributed by atoms with Crippen LogP contribution in [0, 0.1) is 0 Å². The molecule has 0 fully saturated rings. The van der Waals surface area contributed by atoms with Crippen LogP contribution in [-0.4, -0.2) is 12.1 Å². The van der Waals surface area contributed by atoms with Crippen molar-refractivity contribution in [2.45, 2.75) is 6.54 Å². The molecule has 98 valence electrons. The van der Waals surface area contributed by atoms with Gasteiger partial charge in [0.05, 0.1) is 6.21 Å². The highest BCUT2D eigenvalue weighted by Crippen LogP contribution is 1.92. The van der Waals surface area contributed by atoms with E-state index in [1.54, 1.807) is 10.8 Å². The lowest BCUT2D eigenvalue weighted by molar-refractivity contribution is -0.684. The number of pyridine rings is 1. The van der Waals surface area contributed by atoms with Gasteiger partial charge in [0.1, 0.15) is 0 Å². The summed E-state index contributed by atoms with van der Waals surface area (Å²) < 4.78 is 1.79. The van der Waals surface area contributed by atoms with Crippen LogP contribution in [0.4, 0.5) is 0 Å². The second kappa shape index (κ2) is 8.16. The maximum Gasteiger partial charge on any atom is 0.305 e. The quantitative estimate of drug-likeness (QED) is 0.400. The molecule has 0 atom stereocenters. The number of rotatable bonds is 4. The number of benzene rings is 1. The number of hydrogen-bond donors (Lipinski definition) is 1. The van der Waals surface area contributed by atoms with Gasteiger partial charge in [-0.25, -0.2) is 5.43 Å². The lowest BCUT2D eigenvalue weighted by atomic mass is 10.2. The number of halogens is 1. The molecule has 1 amide bonds. The maximum atomic E-state index is 11.6. The van der Waals surface area contributed by atoms with Gasteiger partial charge < -0.3 is 17.0 Å². The zero-order valence-electron chi connectivity index (χ0n) is 10.2. The van der Waals surface area contributed by atoms with E-state index in [0.717, 1.165) is 5.56 Å². The third kappa shape index (κ3) is 5.44. The molecule has 0 unspecified atom stereocenters. The second-order valence-corrected chi connectivity index (χ2v) is 3.75. The van der Waals surface area contributed by atoms with E-state index in [1.807, 2.05) is 60.9 Å². The van der Waals surface area contributed by atoms with Gasteiger partial charge in [-0.2, -0.15) is 9.67 Å². The number of hydrazone groups is 1. The number of carbonyl (C=O) groups is 1. The van der Waals surface area contributed by atoms with Crippen molar-refractivity contribution >= 4 is 12.1 Å². The summed E-state index contributed by atoms with van der Waals surface area (Å²) in [5.74, 6) is -0.154. The van der Waals surface area contributed by atoms with Gasteiger partial charge in [-0.05, 0) is 5.56 Å². The molecular weight excluding hydrogens is 306 g/mol. The number of nitrogens with zero attached hydrogens (tertiary/aromatic N) is 2. The van der Waals surface area contributed by atoms with Gasteiger partial charge in [0, 0.05) is 12.1 Å². The van der Waals surface area contributed by atoms with Gasteiger partial charge in [-0.1, -0.05) is 36.4 Å². The maximum absolute atomic E-state index is 11.6. The predicted molar refractivity (Wildman–Crippen MR) is 68.8 cm³/mol. The number of carbonyl (C=O) groups excluding carboxylic acids is 1. The molecule has 0 radical (unpaired) electrons. The van der Waals surface area contributed by atoms with Gasteiger partial charge in [0.2, 0.25) is 6.54 Å². The average Bonchev–Trinajstić information content (AvgIpc) is 2.41. The van der Waals surface area contributed by atoms with Crippen molar-refractivity contribution in [1.29, 1.82) is 0 Å². The topological polar surface area (TPSA) is 45.3 Å². The summed E-state index contributed by atoms with van der Waals surface area (Å²) in [4.78, 5) is 11.6. The molecule has 4 nitrogen and oxygen atoms in total. The normalized spacial score (nSPS) is 9.89. The molecule has 1 aromatic heterocycles. The Balaban J connectivity index is 0.00000180. The molecule has 0 aliphatic carbocycles. The van der Waals surface area contributed by atoms with E-state index in [1.165, 1.54) is 0 Å². The lowest BCUT2D eigenvalue weighted by Gasteiger charge is -1.96. The van der Waals surface area contributed by atoms with E-state index < -0.39 is 0 Å². The Kier molecular flexibility index (Phi) is 6.46. The Morgan fingerprint density at radius 2 is 1.74 bits per heavy atom. The Hall–Kier alpha value is -2.01. The van der Waals surface area contributed by atoms with Crippen molar-refractivity contribution in [2.24, 2.45) is 5.10 Å². The van der Waals surface area contributed by atoms with E-state index in [4.69, 9.17) is 0 Å². The summed E-state index contributed by atoms with van der Waals surface area (Å²) in [7, 11) is 0. The molecule has 0 aliphatic heterocycles. The smallest absolute Gasteiger partial charge is 0.305 e. The minimum atomic E-state index is -0.154. The van der Waals surface area contributed by atoms with Crippen LogP contribution in [0.1, 0.15) is 5.56 Å². The van der Waals surface area contributed by atoms with Crippen LogP contribution in [0.5, 0.6) is 0 Å². The molecule has 19 heavy (non-hydrogen) atoms. The molecule has 2 rings (SSSR count). The monoisotopic (exact) mass is 319 g/mol. The number of amides is 1. The predicted octanol–water partition coefficient (Wildman–Crippen LogP) is -1.87. The standard InChI is InChI=1S/C14H13N3O.BrH/c18-14(12-17-9-5-2-6-10-17)16-15-11-13-7-3-1-4-8-13;/h1-11H,12H2;1H/b15-11+;. The summed E-state index contributed by atoms with van der Waals surface area (Å²) in [6.45, 7) is 0.257. The minimum absolute atomic E-state index is 0. The van der Waals surface area contributed by atoms with Crippen LogP contribution < -0.4 is 27.0 Å². The van der Waals surface area contributed by atoms with Crippen molar-refractivity contribution in [1.82, 2.24) is 5.43 Å². The average molecular weight is 320 g/mol. The van der Waals surface area contributed by atoms with Crippen LogP contribution in [0.15, 0.2) is 66.0 Å². The first kappa shape index (κ1) is 15.0. The second-order valence-electron chi connectivity index (χ2n) is 3.75. The van der Waals surface area contributed by atoms with Crippen molar-refractivity contribution < 1.29 is 26.3 Å². The zero-order chi connectivity index (χ0) is 12.6.